The molecule has 0 radical (unpaired) electrons. The highest BCUT2D eigenvalue weighted by molar-refractivity contribution is 7.91. The van der Waals surface area contributed by atoms with Crippen LogP contribution < -0.4 is 4.72 Å². The number of carbonyl (C=O) groups is 2. The molecule has 4 heterocycles. The van der Waals surface area contributed by atoms with Crippen LogP contribution in [0.25, 0.3) is 0 Å². The van der Waals surface area contributed by atoms with Crippen LogP contribution in [-0.2, 0) is 16.6 Å². The number of fused-ring (bicyclic) bond motifs is 1. The quantitative estimate of drug-likeness (QED) is 0.515. The van der Waals surface area contributed by atoms with E-state index in [4.69, 9.17) is 0 Å². The molecule has 2 amide bonds. The van der Waals surface area contributed by atoms with Crippen LogP contribution in [0.3, 0.4) is 0 Å². The van der Waals surface area contributed by atoms with Crippen LogP contribution >= 0.6 is 22.7 Å². The van der Waals surface area contributed by atoms with Crippen molar-refractivity contribution >= 4 is 44.5 Å². The Balaban J connectivity index is 1.51. The number of pyridine rings is 1. The van der Waals surface area contributed by atoms with E-state index in [0.717, 1.165) is 27.5 Å². The maximum Gasteiger partial charge on any atom is 0.280 e. The van der Waals surface area contributed by atoms with E-state index in [1.807, 2.05) is 24.4 Å². The molecule has 10 heteroatoms. The minimum absolute atomic E-state index is 0.0114. The number of hydrogen-bond acceptors (Lipinski definition) is 7. The Morgan fingerprint density at radius 1 is 1.13 bits per heavy atom. The second-order valence-corrected chi connectivity index (χ2v) is 10.9. The summed E-state index contributed by atoms with van der Waals surface area (Å²) in [5.41, 5.74) is 0.402. The number of rotatable bonds is 8. The zero-order valence-electron chi connectivity index (χ0n) is 16.1. The molecule has 0 aliphatic carbocycles. The zero-order chi connectivity index (χ0) is 21.3. The van der Waals surface area contributed by atoms with E-state index in [9.17, 15) is 18.0 Å². The SMILES string of the molecule is CCCC(NS(=O)(=O)c1ccc(CN2C(=O)c3cccnc3C2=O)s1)c1cccs1. The van der Waals surface area contributed by atoms with E-state index < -0.39 is 21.8 Å². The average Bonchev–Trinajstić information content (AvgIpc) is 3.46. The number of aromatic nitrogens is 1. The molecule has 0 saturated carbocycles. The van der Waals surface area contributed by atoms with Gasteiger partial charge in [0.05, 0.1) is 18.2 Å². The number of thiophene rings is 2. The lowest BCUT2D eigenvalue weighted by Gasteiger charge is -2.16. The van der Waals surface area contributed by atoms with E-state index >= 15 is 0 Å². The summed E-state index contributed by atoms with van der Waals surface area (Å²) in [4.78, 5) is 31.6. The van der Waals surface area contributed by atoms with Gasteiger partial charge >= 0.3 is 0 Å². The maximum atomic E-state index is 12.9. The Morgan fingerprint density at radius 3 is 2.67 bits per heavy atom. The minimum Gasteiger partial charge on any atom is -0.268 e. The molecule has 0 fully saturated rings. The van der Waals surface area contributed by atoms with Crippen LogP contribution in [0, 0.1) is 0 Å². The molecule has 30 heavy (non-hydrogen) atoms. The topological polar surface area (TPSA) is 96.4 Å². The molecule has 0 spiro atoms. The van der Waals surface area contributed by atoms with Crippen molar-refractivity contribution in [2.75, 3.05) is 0 Å². The fourth-order valence-electron chi connectivity index (χ4n) is 3.28. The molecule has 1 N–H and O–H groups in total. The van der Waals surface area contributed by atoms with Gasteiger partial charge in [-0.2, -0.15) is 0 Å². The average molecular weight is 462 g/mol. The first kappa shape index (κ1) is 20.9. The molecule has 7 nitrogen and oxygen atoms in total. The molecular weight excluding hydrogens is 442 g/mol. The molecule has 1 unspecified atom stereocenters. The Labute approximate surface area is 182 Å². The van der Waals surface area contributed by atoms with Gasteiger partial charge in [0.2, 0.25) is 0 Å². The molecule has 156 valence electrons. The molecule has 3 aromatic rings. The second kappa shape index (κ2) is 8.38. The van der Waals surface area contributed by atoms with Gasteiger partial charge in [0.25, 0.3) is 21.8 Å². The molecule has 1 atom stereocenters. The number of hydrogen-bond donors (Lipinski definition) is 1. The molecule has 1 aliphatic heterocycles. The van der Waals surface area contributed by atoms with Gasteiger partial charge in [0, 0.05) is 16.0 Å². The third kappa shape index (κ3) is 3.95. The summed E-state index contributed by atoms with van der Waals surface area (Å²) in [5, 5.41) is 1.92. The van der Waals surface area contributed by atoms with Crippen LogP contribution in [0.4, 0.5) is 0 Å². The van der Waals surface area contributed by atoms with E-state index in [2.05, 4.69) is 9.71 Å². The first-order valence-electron chi connectivity index (χ1n) is 9.36. The van der Waals surface area contributed by atoms with Crippen molar-refractivity contribution in [2.24, 2.45) is 0 Å². The van der Waals surface area contributed by atoms with Crippen LogP contribution in [0.1, 0.15) is 56.4 Å². The van der Waals surface area contributed by atoms with Crippen molar-refractivity contribution in [3.05, 3.63) is 69.0 Å². The zero-order valence-corrected chi connectivity index (χ0v) is 18.5. The number of nitrogens with one attached hydrogen (secondary N) is 1. The lowest BCUT2D eigenvalue weighted by molar-refractivity contribution is 0.0642. The van der Waals surface area contributed by atoms with Gasteiger partial charge in [0.15, 0.2) is 0 Å². The summed E-state index contributed by atoms with van der Waals surface area (Å²) in [6, 6.07) is 9.85. The van der Waals surface area contributed by atoms with Gasteiger partial charge in [-0.25, -0.2) is 13.1 Å². The Bertz CT molecular complexity index is 1150. The van der Waals surface area contributed by atoms with Crippen LogP contribution in [0.2, 0.25) is 0 Å². The van der Waals surface area contributed by atoms with E-state index in [1.54, 1.807) is 18.2 Å². The molecule has 0 aromatic carbocycles. The number of imide groups is 1. The van der Waals surface area contributed by atoms with Crippen LogP contribution in [0.15, 0.2) is 52.2 Å². The minimum atomic E-state index is -3.73. The van der Waals surface area contributed by atoms with Crippen molar-refractivity contribution in [3.8, 4) is 0 Å². The van der Waals surface area contributed by atoms with Crippen molar-refractivity contribution in [1.29, 1.82) is 0 Å². The van der Waals surface area contributed by atoms with Gasteiger partial charge in [-0.05, 0) is 42.1 Å². The largest absolute Gasteiger partial charge is 0.280 e. The molecular formula is C20H19N3O4S3. The Kier molecular flexibility index (Phi) is 5.83. The highest BCUT2D eigenvalue weighted by Crippen LogP contribution is 2.30. The lowest BCUT2D eigenvalue weighted by atomic mass is 10.1. The highest BCUT2D eigenvalue weighted by atomic mass is 32.2. The lowest BCUT2D eigenvalue weighted by Crippen LogP contribution is -2.29. The Morgan fingerprint density at radius 2 is 1.97 bits per heavy atom. The molecule has 1 aliphatic rings. The Hall–Kier alpha value is -2.40. The predicted molar refractivity (Wildman–Crippen MR) is 115 cm³/mol. The van der Waals surface area contributed by atoms with Gasteiger partial charge in [-0.1, -0.05) is 19.4 Å². The van der Waals surface area contributed by atoms with Gasteiger partial charge in [-0.3, -0.25) is 19.5 Å². The van der Waals surface area contributed by atoms with Gasteiger partial charge < -0.3 is 0 Å². The van der Waals surface area contributed by atoms with Crippen molar-refractivity contribution in [2.45, 2.75) is 36.6 Å². The number of carbonyl (C=O) groups excluding carboxylic acids is 2. The summed E-state index contributed by atoms with van der Waals surface area (Å²) in [7, 11) is -3.73. The maximum absolute atomic E-state index is 12.9. The summed E-state index contributed by atoms with van der Waals surface area (Å²) in [6.45, 7) is 2.02. The summed E-state index contributed by atoms with van der Waals surface area (Å²) in [6.07, 6.45) is 3.00. The number of amides is 2. The van der Waals surface area contributed by atoms with E-state index in [1.165, 1.54) is 23.6 Å². The third-order valence-electron chi connectivity index (χ3n) is 4.71. The number of sulfonamides is 1. The first-order valence-corrected chi connectivity index (χ1v) is 12.5. The summed E-state index contributed by atoms with van der Waals surface area (Å²) < 4.78 is 28.8. The smallest absolute Gasteiger partial charge is 0.268 e. The van der Waals surface area contributed by atoms with Crippen molar-refractivity contribution in [3.63, 3.8) is 0 Å². The highest BCUT2D eigenvalue weighted by Gasteiger charge is 2.37. The molecule has 0 saturated heterocycles. The number of nitrogens with zero attached hydrogens (tertiary/aromatic N) is 2. The van der Waals surface area contributed by atoms with Gasteiger partial charge in [0.1, 0.15) is 9.90 Å². The summed E-state index contributed by atoms with van der Waals surface area (Å²) in [5.74, 6) is -0.882. The van der Waals surface area contributed by atoms with Crippen molar-refractivity contribution in [1.82, 2.24) is 14.6 Å². The normalized spacial score (nSPS) is 14.9. The standard InChI is InChI=1S/C20H19N3O4S3/c1-2-5-15(16-7-4-11-28-16)22-30(26,27)17-9-8-13(29-17)12-23-19(24)14-6-3-10-21-18(14)20(23)25/h3-4,6-11,15,22H,2,5,12H2,1H3. The predicted octanol–water partition coefficient (Wildman–Crippen LogP) is 3.82. The second-order valence-electron chi connectivity index (χ2n) is 6.79. The molecule has 3 aromatic heterocycles. The van der Waals surface area contributed by atoms with Crippen LogP contribution in [0.5, 0.6) is 0 Å². The fraction of sp³-hybridized carbons (Fsp3) is 0.250. The first-order chi connectivity index (χ1) is 14.4. The molecule has 4 rings (SSSR count). The molecule has 0 bridgehead atoms. The van der Waals surface area contributed by atoms with Gasteiger partial charge in [-0.15, -0.1) is 22.7 Å². The monoisotopic (exact) mass is 461 g/mol. The van der Waals surface area contributed by atoms with E-state index in [0.29, 0.717) is 11.3 Å². The third-order valence-corrected chi connectivity index (χ3v) is 8.73. The summed E-state index contributed by atoms with van der Waals surface area (Å²) >= 11 is 2.57. The fourth-order valence-corrected chi connectivity index (χ4v) is 6.78. The van der Waals surface area contributed by atoms with E-state index in [-0.39, 0.29) is 28.1 Å². The van der Waals surface area contributed by atoms with Crippen LogP contribution in [-0.4, -0.2) is 30.1 Å². The van der Waals surface area contributed by atoms with Crippen molar-refractivity contribution < 1.29 is 18.0 Å².